The summed E-state index contributed by atoms with van der Waals surface area (Å²) in [5, 5.41) is 34.8. The van der Waals surface area contributed by atoms with Crippen LogP contribution in [0.25, 0.3) is 0 Å². The van der Waals surface area contributed by atoms with E-state index in [-0.39, 0.29) is 6.42 Å². The third-order valence-corrected chi connectivity index (χ3v) is 5.25. The Kier molecular flexibility index (Phi) is 15.0. The van der Waals surface area contributed by atoms with Crippen LogP contribution >= 0.6 is 11.8 Å². The van der Waals surface area contributed by atoms with Gasteiger partial charge in [-0.2, -0.15) is 11.8 Å². The molecule has 0 rings (SSSR count). The van der Waals surface area contributed by atoms with Crippen molar-refractivity contribution in [2.45, 2.75) is 69.3 Å². The third kappa shape index (κ3) is 12.4. The predicted molar refractivity (Wildman–Crippen MR) is 121 cm³/mol. The zero-order valence-corrected chi connectivity index (χ0v) is 19.6. The highest BCUT2D eigenvalue weighted by Crippen LogP contribution is 2.06. The van der Waals surface area contributed by atoms with Gasteiger partial charge in [0, 0.05) is 0 Å². The van der Waals surface area contributed by atoms with Gasteiger partial charge in [0.15, 0.2) is 0 Å². The molecular weight excluding hydrogens is 458 g/mol. The maximum Gasteiger partial charge on any atom is 0.326 e. The molecule has 10 N–H and O–H groups in total. The Balaban J connectivity index is 5.41. The molecule has 0 saturated carbocycles. The van der Waals surface area contributed by atoms with E-state index in [1.165, 1.54) is 18.7 Å². The maximum absolute atomic E-state index is 12.8. The van der Waals surface area contributed by atoms with Gasteiger partial charge in [-0.1, -0.05) is 0 Å². The number of unbranched alkanes of at least 4 members (excludes halogenated alkanes) is 1. The molecule has 0 aromatic rings. The molecule has 13 nitrogen and oxygen atoms in total. The number of carboxylic acid groups (broad SMARTS) is 2. The SMILES string of the molecule is CSCCC(N)C(=O)NC(C(=O)NC(CCCCN)C(=O)NC(CC(=O)O)C(=O)O)C(C)O. The molecule has 0 fully saturated rings. The lowest BCUT2D eigenvalue weighted by molar-refractivity contribution is -0.147. The van der Waals surface area contributed by atoms with Crippen LogP contribution in [-0.2, 0) is 24.0 Å². The molecule has 0 heterocycles. The largest absolute Gasteiger partial charge is 0.481 e. The van der Waals surface area contributed by atoms with Crippen LogP contribution in [-0.4, -0.2) is 93.8 Å². The summed E-state index contributed by atoms with van der Waals surface area (Å²) in [6.07, 6.45) is 0.999. The molecule has 0 aliphatic heterocycles. The average Bonchev–Trinajstić information content (AvgIpc) is 2.73. The highest BCUT2D eigenvalue weighted by molar-refractivity contribution is 7.98. The zero-order chi connectivity index (χ0) is 25.6. The van der Waals surface area contributed by atoms with E-state index in [0.29, 0.717) is 31.6 Å². The first-order chi connectivity index (χ1) is 15.4. The monoisotopic (exact) mass is 493 g/mol. The van der Waals surface area contributed by atoms with Gasteiger partial charge >= 0.3 is 11.9 Å². The van der Waals surface area contributed by atoms with E-state index in [2.05, 4.69) is 16.0 Å². The Morgan fingerprint density at radius 2 is 1.52 bits per heavy atom. The van der Waals surface area contributed by atoms with Crippen molar-refractivity contribution in [1.29, 1.82) is 0 Å². The Morgan fingerprint density at radius 1 is 0.909 bits per heavy atom. The molecule has 0 aromatic heterocycles. The van der Waals surface area contributed by atoms with Gasteiger partial charge < -0.3 is 42.7 Å². The van der Waals surface area contributed by atoms with E-state index in [1.54, 1.807) is 0 Å². The summed E-state index contributed by atoms with van der Waals surface area (Å²) < 4.78 is 0. The molecule has 190 valence electrons. The predicted octanol–water partition coefficient (Wildman–Crippen LogP) is -2.41. The number of amides is 3. The van der Waals surface area contributed by atoms with E-state index < -0.39 is 66.4 Å². The summed E-state index contributed by atoms with van der Waals surface area (Å²) in [6, 6.07) is -5.27. The molecule has 0 bridgehead atoms. The molecule has 0 radical (unpaired) electrons. The average molecular weight is 494 g/mol. The van der Waals surface area contributed by atoms with Crippen molar-refractivity contribution in [3.63, 3.8) is 0 Å². The van der Waals surface area contributed by atoms with Crippen molar-refractivity contribution in [2.24, 2.45) is 11.5 Å². The highest BCUT2D eigenvalue weighted by atomic mass is 32.2. The van der Waals surface area contributed by atoms with Gasteiger partial charge in [0.2, 0.25) is 17.7 Å². The first-order valence-corrected chi connectivity index (χ1v) is 11.8. The number of hydrogen-bond acceptors (Lipinski definition) is 9. The van der Waals surface area contributed by atoms with Crippen LogP contribution in [0.2, 0.25) is 0 Å². The minimum absolute atomic E-state index is 0.0713. The van der Waals surface area contributed by atoms with Crippen LogP contribution in [0.1, 0.15) is 39.0 Å². The fraction of sp³-hybridized carbons (Fsp3) is 0.737. The van der Waals surface area contributed by atoms with Crippen LogP contribution in [0, 0.1) is 0 Å². The molecule has 0 aliphatic carbocycles. The molecular formula is C19H35N5O8S. The first kappa shape index (κ1) is 30.6. The van der Waals surface area contributed by atoms with Gasteiger partial charge in [0.1, 0.15) is 18.1 Å². The highest BCUT2D eigenvalue weighted by Gasteiger charge is 2.32. The summed E-state index contributed by atoms with van der Waals surface area (Å²) >= 11 is 1.49. The van der Waals surface area contributed by atoms with Crippen molar-refractivity contribution in [2.75, 3.05) is 18.6 Å². The van der Waals surface area contributed by atoms with Crippen molar-refractivity contribution < 1.29 is 39.3 Å². The minimum atomic E-state index is -1.70. The molecule has 14 heteroatoms. The Bertz CT molecular complexity index is 679. The topological polar surface area (TPSA) is 234 Å². The van der Waals surface area contributed by atoms with Crippen molar-refractivity contribution in [3.8, 4) is 0 Å². The number of hydrogen-bond donors (Lipinski definition) is 8. The van der Waals surface area contributed by atoms with Crippen LogP contribution in [0.3, 0.4) is 0 Å². The number of carbonyl (C=O) groups excluding carboxylic acids is 3. The molecule has 0 spiro atoms. The second-order valence-corrected chi connectivity index (χ2v) is 8.44. The standard InChI is InChI=1S/C19H35N5O8S/c1-10(25)15(24-16(28)11(21)6-8-33-2)18(30)22-12(5-3-4-7-20)17(29)23-13(19(31)32)9-14(26)27/h10-13,15,25H,3-9,20-21H2,1-2H3,(H,22,30)(H,23,29)(H,24,28)(H,26,27)(H,31,32). The zero-order valence-electron chi connectivity index (χ0n) is 18.8. The number of aliphatic hydroxyl groups excluding tert-OH is 1. The second-order valence-electron chi connectivity index (χ2n) is 7.46. The lowest BCUT2D eigenvalue weighted by Gasteiger charge is -2.26. The van der Waals surface area contributed by atoms with Gasteiger partial charge in [0.05, 0.1) is 18.6 Å². The summed E-state index contributed by atoms with van der Waals surface area (Å²) in [6.45, 7) is 1.59. The summed E-state index contributed by atoms with van der Waals surface area (Å²) in [7, 11) is 0. The van der Waals surface area contributed by atoms with Crippen LogP contribution in [0.4, 0.5) is 0 Å². The molecule has 0 aromatic carbocycles. The number of nitrogens with one attached hydrogen (secondary N) is 3. The molecule has 3 amide bonds. The van der Waals surface area contributed by atoms with Crippen LogP contribution < -0.4 is 27.4 Å². The number of carboxylic acids is 2. The van der Waals surface area contributed by atoms with E-state index in [4.69, 9.17) is 21.7 Å². The number of thioether (sulfide) groups is 1. The molecule has 33 heavy (non-hydrogen) atoms. The molecule has 0 saturated heterocycles. The second kappa shape index (κ2) is 16.2. The molecule has 5 unspecified atom stereocenters. The van der Waals surface area contributed by atoms with Crippen molar-refractivity contribution >= 4 is 41.4 Å². The lowest BCUT2D eigenvalue weighted by Crippen LogP contribution is -2.59. The van der Waals surface area contributed by atoms with Crippen LogP contribution in [0.15, 0.2) is 0 Å². The number of nitrogens with two attached hydrogens (primary N) is 2. The molecule has 0 aliphatic rings. The number of rotatable bonds is 17. The van der Waals surface area contributed by atoms with Crippen molar-refractivity contribution in [1.82, 2.24) is 16.0 Å². The fourth-order valence-electron chi connectivity index (χ4n) is 2.71. The quantitative estimate of drug-likeness (QED) is 0.0993. The summed E-state index contributed by atoms with van der Waals surface area (Å²) in [5.74, 6) is -4.81. The number of aliphatic carboxylic acids is 2. The first-order valence-electron chi connectivity index (χ1n) is 10.4. The van der Waals surface area contributed by atoms with Gasteiger partial charge in [-0.15, -0.1) is 0 Å². The van der Waals surface area contributed by atoms with Crippen molar-refractivity contribution in [3.05, 3.63) is 0 Å². The van der Waals surface area contributed by atoms with Gasteiger partial charge in [-0.3, -0.25) is 19.2 Å². The summed E-state index contributed by atoms with van der Waals surface area (Å²) in [4.78, 5) is 59.8. The van der Waals surface area contributed by atoms with E-state index in [0.717, 1.165) is 0 Å². The van der Waals surface area contributed by atoms with Gasteiger partial charge in [-0.25, -0.2) is 4.79 Å². The third-order valence-electron chi connectivity index (χ3n) is 4.61. The van der Waals surface area contributed by atoms with E-state index in [9.17, 15) is 29.1 Å². The van der Waals surface area contributed by atoms with E-state index in [1.807, 2.05) is 6.26 Å². The Morgan fingerprint density at radius 3 is 2.00 bits per heavy atom. The van der Waals surface area contributed by atoms with E-state index >= 15 is 0 Å². The minimum Gasteiger partial charge on any atom is -0.481 e. The Labute approximate surface area is 196 Å². The Hall–Kier alpha value is -2.42. The lowest BCUT2D eigenvalue weighted by atomic mass is 10.1. The van der Waals surface area contributed by atoms with Gasteiger partial charge in [0.25, 0.3) is 0 Å². The smallest absolute Gasteiger partial charge is 0.326 e. The number of carbonyl (C=O) groups is 5. The number of aliphatic hydroxyl groups is 1. The van der Waals surface area contributed by atoms with Crippen LogP contribution in [0.5, 0.6) is 0 Å². The maximum atomic E-state index is 12.8. The normalized spacial score (nSPS) is 15.4. The molecule has 5 atom stereocenters. The van der Waals surface area contributed by atoms with Gasteiger partial charge in [-0.05, 0) is 51.2 Å². The summed E-state index contributed by atoms with van der Waals surface area (Å²) in [5.41, 5.74) is 11.2. The fourth-order valence-corrected chi connectivity index (χ4v) is 3.20.